The predicted molar refractivity (Wildman–Crippen MR) is 64.3 cm³/mol. The highest BCUT2D eigenvalue weighted by molar-refractivity contribution is 6.83. The van der Waals surface area contributed by atoms with Gasteiger partial charge in [-0.1, -0.05) is 11.6 Å². The van der Waals surface area contributed by atoms with Gasteiger partial charge in [0.1, 0.15) is 5.69 Å². The molecule has 2 heterocycles. The number of methoxy groups -OCH3 is 1. The Morgan fingerprint density at radius 1 is 1.33 bits per heavy atom. The van der Waals surface area contributed by atoms with Gasteiger partial charge in [-0.3, -0.25) is 9.59 Å². The molecule has 0 spiro atoms. The number of carbonyl (C=O) groups excluding carboxylic acids is 3. The Labute approximate surface area is 113 Å². The Bertz CT molecular complexity index is 562. The minimum absolute atomic E-state index is 0.0235. The normalized spacial score (nSPS) is 13.3. The van der Waals surface area contributed by atoms with Gasteiger partial charge in [-0.15, -0.1) is 0 Å². The third-order valence-electron chi connectivity index (χ3n) is 2.89. The lowest BCUT2D eigenvalue weighted by atomic mass is 10.1. The predicted octanol–water partition coefficient (Wildman–Crippen LogP) is 1.82. The molecule has 0 unspecified atom stereocenters. The lowest BCUT2D eigenvalue weighted by Gasteiger charge is -2.02. The molecule has 0 N–H and O–H groups in total. The first-order valence-electron chi connectivity index (χ1n) is 5.22. The molecule has 0 amide bonds. The first kappa shape index (κ1) is 13.1. The maximum Gasteiger partial charge on any atom is 0.341 e. The van der Waals surface area contributed by atoms with Crippen LogP contribution in [0, 0.1) is 0 Å². The summed E-state index contributed by atoms with van der Waals surface area (Å²) in [5.74, 6) is -1.52. The van der Waals surface area contributed by atoms with Crippen LogP contribution in [0.25, 0.3) is 0 Å². The Morgan fingerprint density at radius 3 is 2.56 bits per heavy atom. The Morgan fingerprint density at radius 2 is 2.00 bits per heavy atom. The van der Waals surface area contributed by atoms with Gasteiger partial charge in [-0.05, 0) is 24.4 Å². The van der Waals surface area contributed by atoms with Gasteiger partial charge in [0.05, 0.1) is 17.7 Å². The highest BCUT2D eigenvalue weighted by Crippen LogP contribution is 2.34. The number of hydrogen-bond donors (Lipinski definition) is 0. The maximum atomic E-state index is 11.7. The average Bonchev–Trinajstić information content (AvgIpc) is 2.86. The molecule has 0 saturated carbocycles. The van der Waals surface area contributed by atoms with Crippen LogP contribution in [-0.4, -0.2) is 28.7 Å². The van der Waals surface area contributed by atoms with Crippen molar-refractivity contribution in [1.29, 1.82) is 0 Å². The molecule has 0 radical (unpaired) electrons. The second kappa shape index (κ2) is 4.74. The van der Waals surface area contributed by atoms with E-state index in [9.17, 15) is 14.4 Å². The molecular weight excluding hydrogens is 281 g/mol. The van der Waals surface area contributed by atoms with Crippen molar-refractivity contribution in [3.63, 3.8) is 0 Å². The van der Waals surface area contributed by atoms with E-state index in [1.165, 1.54) is 7.11 Å². The lowest BCUT2D eigenvalue weighted by molar-refractivity contribution is -0.108. The van der Waals surface area contributed by atoms with E-state index in [2.05, 4.69) is 4.74 Å². The zero-order chi connectivity index (χ0) is 13.4. The quantitative estimate of drug-likeness (QED) is 0.368. The van der Waals surface area contributed by atoms with Crippen molar-refractivity contribution < 1.29 is 19.1 Å². The molecule has 0 bridgehead atoms. The van der Waals surface area contributed by atoms with Gasteiger partial charge in [-0.25, -0.2) is 4.79 Å². The standard InChI is InChI=1S/C11H9Cl2NO4/c1-18-11(17)6-5-3-2-4-14(5)8(7(6)12)9(15)10(13)16/h2-4H2,1H3. The molecule has 0 atom stereocenters. The minimum Gasteiger partial charge on any atom is -0.465 e. The molecule has 96 valence electrons. The van der Waals surface area contributed by atoms with E-state index in [4.69, 9.17) is 23.2 Å². The number of rotatable bonds is 3. The van der Waals surface area contributed by atoms with Crippen LogP contribution >= 0.6 is 23.2 Å². The molecule has 0 aliphatic carbocycles. The van der Waals surface area contributed by atoms with E-state index in [1.807, 2.05) is 0 Å². The fourth-order valence-corrected chi connectivity index (χ4v) is 2.63. The van der Waals surface area contributed by atoms with Crippen molar-refractivity contribution in [2.24, 2.45) is 0 Å². The topological polar surface area (TPSA) is 65.4 Å². The molecule has 18 heavy (non-hydrogen) atoms. The molecule has 5 nitrogen and oxygen atoms in total. The summed E-state index contributed by atoms with van der Waals surface area (Å²) in [6, 6.07) is 0. The molecule has 7 heteroatoms. The van der Waals surface area contributed by atoms with Crippen LogP contribution in [0.2, 0.25) is 5.02 Å². The number of carbonyl (C=O) groups is 3. The fourth-order valence-electron chi connectivity index (χ4n) is 2.17. The van der Waals surface area contributed by atoms with E-state index in [0.29, 0.717) is 18.7 Å². The highest BCUT2D eigenvalue weighted by atomic mass is 35.5. The summed E-state index contributed by atoms with van der Waals surface area (Å²) in [5, 5.41) is -1.18. The van der Waals surface area contributed by atoms with Crippen LogP contribution in [-0.2, 0) is 22.5 Å². The highest BCUT2D eigenvalue weighted by Gasteiger charge is 2.34. The zero-order valence-corrected chi connectivity index (χ0v) is 11.0. The van der Waals surface area contributed by atoms with E-state index < -0.39 is 17.0 Å². The van der Waals surface area contributed by atoms with E-state index in [1.54, 1.807) is 4.57 Å². The van der Waals surface area contributed by atoms with Crippen molar-refractivity contribution >= 4 is 40.2 Å². The Kier molecular flexibility index (Phi) is 3.45. The zero-order valence-electron chi connectivity index (χ0n) is 9.46. The van der Waals surface area contributed by atoms with Crippen LogP contribution in [0.5, 0.6) is 0 Å². The molecule has 0 aromatic carbocycles. The van der Waals surface area contributed by atoms with Gasteiger partial charge in [0, 0.05) is 12.2 Å². The summed E-state index contributed by atoms with van der Waals surface area (Å²) >= 11 is 11.2. The van der Waals surface area contributed by atoms with Crippen LogP contribution in [0.15, 0.2) is 0 Å². The van der Waals surface area contributed by atoms with Crippen molar-refractivity contribution in [2.45, 2.75) is 19.4 Å². The summed E-state index contributed by atoms with van der Waals surface area (Å²) in [5.41, 5.74) is 0.746. The first-order valence-corrected chi connectivity index (χ1v) is 5.98. The largest absolute Gasteiger partial charge is 0.465 e. The number of hydrogen-bond acceptors (Lipinski definition) is 4. The Balaban J connectivity index is 2.66. The second-order valence-electron chi connectivity index (χ2n) is 3.83. The molecular formula is C11H9Cl2NO4. The third-order valence-corrected chi connectivity index (χ3v) is 3.43. The first-order chi connectivity index (χ1) is 8.49. The molecule has 1 aromatic rings. The van der Waals surface area contributed by atoms with Gasteiger partial charge < -0.3 is 9.30 Å². The fraction of sp³-hybridized carbons (Fsp3) is 0.364. The molecule has 1 aliphatic heterocycles. The average molecular weight is 290 g/mol. The van der Waals surface area contributed by atoms with Crippen LogP contribution in [0.3, 0.4) is 0 Å². The van der Waals surface area contributed by atoms with Gasteiger partial charge in [0.2, 0.25) is 0 Å². The van der Waals surface area contributed by atoms with Crippen LogP contribution in [0.1, 0.15) is 33.0 Å². The monoisotopic (exact) mass is 289 g/mol. The summed E-state index contributed by atoms with van der Waals surface area (Å²) in [4.78, 5) is 34.3. The van der Waals surface area contributed by atoms with Crippen molar-refractivity contribution in [2.75, 3.05) is 7.11 Å². The molecule has 1 aliphatic rings. The number of fused-ring (bicyclic) bond motifs is 1. The number of aromatic nitrogens is 1. The smallest absolute Gasteiger partial charge is 0.341 e. The van der Waals surface area contributed by atoms with E-state index in [0.717, 1.165) is 6.42 Å². The lowest BCUT2D eigenvalue weighted by Crippen LogP contribution is -2.13. The van der Waals surface area contributed by atoms with Crippen molar-refractivity contribution in [1.82, 2.24) is 4.57 Å². The number of nitrogens with zero attached hydrogens (tertiary/aromatic N) is 1. The van der Waals surface area contributed by atoms with Gasteiger partial charge in [-0.2, -0.15) is 0 Å². The number of Topliss-reactive ketones (excluding diaryl/α,β-unsaturated/α-hetero) is 1. The van der Waals surface area contributed by atoms with E-state index in [-0.39, 0.29) is 16.3 Å². The van der Waals surface area contributed by atoms with Crippen LogP contribution < -0.4 is 0 Å². The summed E-state index contributed by atoms with van der Waals surface area (Å²) < 4.78 is 6.20. The molecule has 0 fully saturated rings. The maximum absolute atomic E-state index is 11.7. The molecule has 1 aromatic heterocycles. The number of esters is 1. The minimum atomic E-state index is -1.12. The second-order valence-corrected chi connectivity index (χ2v) is 4.56. The van der Waals surface area contributed by atoms with Crippen molar-refractivity contribution in [3.8, 4) is 0 Å². The number of ketones is 1. The molecule has 0 saturated heterocycles. The van der Waals surface area contributed by atoms with Crippen molar-refractivity contribution in [3.05, 3.63) is 22.0 Å². The molecule has 2 rings (SSSR count). The van der Waals surface area contributed by atoms with Gasteiger partial charge in [0.15, 0.2) is 0 Å². The van der Waals surface area contributed by atoms with Gasteiger partial charge in [0.25, 0.3) is 11.0 Å². The van der Waals surface area contributed by atoms with Gasteiger partial charge >= 0.3 is 5.97 Å². The number of ether oxygens (including phenoxy) is 1. The van der Waals surface area contributed by atoms with Crippen LogP contribution in [0.4, 0.5) is 0 Å². The van der Waals surface area contributed by atoms with E-state index >= 15 is 0 Å². The summed E-state index contributed by atoms with van der Waals surface area (Å²) in [7, 11) is 1.23. The third kappa shape index (κ3) is 1.83. The number of halogens is 2. The Hall–Kier alpha value is -1.33. The SMILES string of the molecule is COC(=O)c1c(Cl)c(C(=O)C(=O)Cl)n2c1CCC2. The summed E-state index contributed by atoms with van der Waals surface area (Å²) in [6.07, 6.45) is 1.38. The summed E-state index contributed by atoms with van der Waals surface area (Å²) in [6.45, 7) is 0.525.